The Kier molecular flexibility index (Phi) is 7.76. The Hall–Kier alpha value is -2.44. The fourth-order valence-corrected chi connectivity index (χ4v) is 2.51. The Labute approximate surface area is 167 Å². The zero-order valence-electron chi connectivity index (χ0n) is 14.8. The molecule has 2 aromatic rings. The molecule has 1 atom stereocenters. The zero-order chi connectivity index (χ0) is 19.8. The van der Waals surface area contributed by atoms with Crippen molar-refractivity contribution in [3.63, 3.8) is 0 Å². The Balaban J connectivity index is 1.75. The fourth-order valence-electron chi connectivity index (χ4n) is 2.06. The summed E-state index contributed by atoms with van der Waals surface area (Å²) in [5.41, 5.74) is 0.386. The van der Waals surface area contributed by atoms with Crippen molar-refractivity contribution in [2.45, 2.75) is 19.4 Å². The summed E-state index contributed by atoms with van der Waals surface area (Å²) >= 11 is 11.8. The van der Waals surface area contributed by atoms with Gasteiger partial charge in [-0.2, -0.15) is 0 Å². The molecular weight excluding hydrogens is 393 g/mol. The van der Waals surface area contributed by atoms with Crippen LogP contribution in [0.3, 0.4) is 0 Å². The zero-order valence-corrected chi connectivity index (χ0v) is 16.3. The maximum Gasteiger partial charge on any atom is 0.310 e. The molecule has 0 aromatic heterocycles. The molecule has 144 valence electrons. The second-order valence-electron chi connectivity index (χ2n) is 5.52. The van der Waals surface area contributed by atoms with Crippen LogP contribution in [0.1, 0.15) is 13.3 Å². The van der Waals surface area contributed by atoms with E-state index >= 15 is 0 Å². The third-order valence-electron chi connectivity index (χ3n) is 3.50. The van der Waals surface area contributed by atoms with Gasteiger partial charge in [0.25, 0.3) is 5.91 Å². The summed E-state index contributed by atoms with van der Waals surface area (Å²) in [7, 11) is 1.57. The highest BCUT2D eigenvalue weighted by Crippen LogP contribution is 2.25. The number of nitrogens with one attached hydrogen (secondary N) is 1. The highest BCUT2D eigenvalue weighted by Gasteiger charge is 2.19. The van der Waals surface area contributed by atoms with Crippen molar-refractivity contribution in [3.05, 3.63) is 52.5 Å². The summed E-state index contributed by atoms with van der Waals surface area (Å²) in [6.45, 7) is 1.60. The number of anilines is 1. The number of methoxy groups -OCH3 is 1. The van der Waals surface area contributed by atoms with Gasteiger partial charge >= 0.3 is 5.97 Å². The Morgan fingerprint density at radius 3 is 2.37 bits per heavy atom. The van der Waals surface area contributed by atoms with Crippen LogP contribution < -0.4 is 14.8 Å². The number of carbonyl (C=O) groups is 2. The first-order valence-corrected chi connectivity index (χ1v) is 8.87. The Morgan fingerprint density at radius 2 is 1.74 bits per heavy atom. The third kappa shape index (κ3) is 6.66. The first kappa shape index (κ1) is 20.9. The fraction of sp³-hybridized carbons (Fsp3) is 0.263. The van der Waals surface area contributed by atoms with Gasteiger partial charge in [-0.15, -0.1) is 0 Å². The van der Waals surface area contributed by atoms with E-state index in [1.54, 1.807) is 43.5 Å². The van der Waals surface area contributed by atoms with Crippen molar-refractivity contribution in [1.82, 2.24) is 0 Å². The summed E-state index contributed by atoms with van der Waals surface area (Å²) in [6, 6.07) is 11.6. The Bertz CT molecular complexity index is 795. The number of hydrogen-bond acceptors (Lipinski definition) is 5. The smallest absolute Gasteiger partial charge is 0.310 e. The van der Waals surface area contributed by atoms with E-state index in [1.807, 2.05) is 0 Å². The predicted octanol–water partition coefficient (Wildman–Crippen LogP) is 4.34. The van der Waals surface area contributed by atoms with E-state index in [1.165, 1.54) is 13.0 Å². The SMILES string of the molecule is COc1ccc(OCCC(=O)OC(C)C(=O)Nc2ccc(Cl)cc2Cl)cc1. The van der Waals surface area contributed by atoms with Gasteiger partial charge in [0.05, 0.1) is 30.8 Å². The molecule has 1 amide bonds. The van der Waals surface area contributed by atoms with Crippen molar-refractivity contribution >= 4 is 40.8 Å². The van der Waals surface area contributed by atoms with Crippen LogP contribution in [0.2, 0.25) is 10.0 Å². The minimum atomic E-state index is -0.981. The molecule has 0 aliphatic carbocycles. The van der Waals surface area contributed by atoms with Gasteiger partial charge in [-0.05, 0) is 49.4 Å². The number of ether oxygens (including phenoxy) is 3. The van der Waals surface area contributed by atoms with Gasteiger partial charge in [0.1, 0.15) is 11.5 Å². The molecule has 1 N–H and O–H groups in total. The highest BCUT2D eigenvalue weighted by molar-refractivity contribution is 6.36. The van der Waals surface area contributed by atoms with Crippen molar-refractivity contribution in [2.24, 2.45) is 0 Å². The van der Waals surface area contributed by atoms with Crippen LogP contribution in [0.25, 0.3) is 0 Å². The first-order valence-electron chi connectivity index (χ1n) is 8.11. The molecule has 0 heterocycles. The van der Waals surface area contributed by atoms with E-state index < -0.39 is 18.0 Å². The lowest BCUT2D eigenvalue weighted by Crippen LogP contribution is -2.30. The Morgan fingerprint density at radius 1 is 1.07 bits per heavy atom. The second-order valence-corrected chi connectivity index (χ2v) is 6.36. The first-order chi connectivity index (χ1) is 12.9. The van der Waals surface area contributed by atoms with Gasteiger partial charge in [-0.1, -0.05) is 23.2 Å². The summed E-state index contributed by atoms with van der Waals surface area (Å²) in [5, 5.41) is 3.33. The van der Waals surface area contributed by atoms with Crippen molar-refractivity contribution in [2.75, 3.05) is 19.0 Å². The van der Waals surface area contributed by atoms with Gasteiger partial charge in [0, 0.05) is 5.02 Å². The third-order valence-corrected chi connectivity index (χ3v) is 4.05. The van der Waals surface area contributed by atoms with E-state index in [-0.39, 0.29) is 13.0 Å². The van der Waals surface area contributed by atoms with Gasteiger partial charge < -0.3 is 19.5 Å². The topological polar surface area (TPSA) is 73.9 Å². The average Bonchev–Trinajstić information content (AvgIpc) is 2.64. The second kappa shape index (κ2) is 10.0. The molecule has 0 fully saturated rings. The summed E-state index contributed by atoms with van der Waals surface area (Å²) in [6.07, 6.45) is -0.976. The van der Waals surface area contributed by atoms with Crippen LogP contribution >= 0.6 is 23.2 Å². The van der Waals surface area contributed by atoms with Crippen LogP contribution in [-0.4, -0.2) is 31.7 Å². The molecule has 2 aromatic carbocycles. The molecule has 0 saturated heterocycles. The lowest BCUT2D eigenvalue weighted by Gasteiger charge is -2.14. The predicted molar refractivity (Wildman–Crippen MR) is 104 cm³/mol. The molecule has 0 spiro atoms. The van der Waals surface area contributed by atoms with Crippen LogP contribution in [-0.2, 0) is 14.3 Å². The number of halogens is 2. The minimum absolute atomic E-state index is 0.00531. The van der Waals surface area contributed by atoms with E-state index in [4.69, 9.17) is 37.4 Å². The molecule has 2 rings (SSSR count). The lowest BCUT2D eigenvalue weighted by atomic mass is 10.3. The monoisotopic (exact) mass is 411 g/mol. The van der Waals surface area contributed by atoms with Gasteiger partial charge in [-0.3, -0.25) is 9.59 Å². The van der Waals surface area contributed by atoms with Crippen molar-refractivity contribution in [3.8, 4) is 11.5 Å². The maximum atomic E-state index is 12.1. The summed E-state index contributed by atoms with van der Waals surface area (Å²) < 4.78 is 15.6. The molecule has 27 heavy (non-hydrogen) atoms. The standard InChI is InChI=1S/C19H19Cl2NO5/c1-12(19(24)22-17-8-3-13(20)11-16(17)21)27-18(23)9-10-26-15-6-4-14(25-2)5-7-15/h3-8,11-12H,9-10H2,1-2H3,(H,22,24). The summed E-state index contributed by atoms with van der Waals surface area (Å²) in [4.78, 5) is 24.0. The van der Waals surface area contributed by atoms with E-state index in [2.05, 4.69) is 5.32 Å². The van der Waals surface area contributed by atoms with E-state index in [0.717, 1.165) is 0 Å². The maximum absolute atomic E-state index is 12.1. The molecule has 0 bridgehead atoms. The van der Waals surface area contributed by atoms with E-state index in [9.17, 15) is 9.59 Å². The number of hydrogen-bond donors (Lipinski definition) is 1. The van der Waals surface area contributed by atoms with Crippen molar-refractivity contribution in [1.29, 1.82) is 0 Å². The number of rotatable bonds is 8. The number of amides is 1. The molecule has 0 saturated carbocycles. The largest absolute Gasteiger partial charge is 0.497 e. The molecule has 0 aliphatic rings. The molecule has 8 heteroatoms. The minimum Gasteiger partial charge on any atom is -0.497 e. The number of benzene rings is 2. The summed E-state index contributed by atoms with van der Waals surface area (Å²) in [5.74, 6) is 0.270. The van der Waals surface area contributed by atoms with Gasteiger partial charge in [0.15, 0.2) is 6.10 Å². The van der Waals surface area contributed by atoms with Crippen LogP contribution in [0.15, 0.2) is 42.5 Å². The van der Waals surface area contributed by atoms with Crippen LogP contribution in [0.4, 0.5) is 5.69 Å². The average molecular weight is 412 g/mol. The molecular formula is C19H19Cl2NO5. The molecule has 6 nitrogen and oxygen atoms in total. The molecule has 0 aliphatic heterocycles. The normalized spacial score (nSPS) is 11.4. The lowest BCUT2D eigenvalue weighted by molar-refractivity contribution is -0.153. The highest BCUT2D eigenvalue weighted by atomic mass is 35.5. The molecule has 1 unspecified atom stereocenters. The quantitative estimate of drug-likeness (QED) is 0.653. The van der Waals surface area contributed by atoms with Gasteiger partial charge in [-0.25, -0.2) is 0 Å². The van der Waals surface area contributed by atoms with Gasteiger partial charge in [0.2, 0.25) is 0 Å². The number of carbonyl (C=O) groups excluding carboxylic acids is 2. The molecule has 0 radical (unpaired) electrons. The van der Waals surface area contributed by atoms with E-state index in [0.29, 0.717) is 27.2 Å². The van der Waals surface area contributed by atoms with Crippen LogP contribution in [0.5, 0.6) is 11.5 Å². The van der Waals surface area contributed by atoms with Crippen molar-refractivity contribution < 1.29 is 23.8 Å². The number of esters is 1. The van der Waals surface area contributed by atoms with Crippen LogP contribution in [0, 0.1) is 0 Å².